The Hall–Kier alpha value is -3.04. The van der Waals surface area contributed by atoms with Crippen molar-refractivity contribution < 1.29 is 27.7 Å². The van der Waals surface area contributed by atoms with E-state index in [1.807, 2.05) is 30.3 Å². The predicted molar refractivity (Wildman–Crippen MR) is 164 cm³/mol. The van der Waals surface area contributed by atoms with Crippen LogP contribution in [0.25, 0.3) is 11.1 Å². The Balaban J connectivity index is 1.36. The first-order valence-electron chi connectivity index (χ1n) is 14.4. The van der Waals surface area contributed by atoms with Crippen LogP contribution in [0.15, 0.2) is 65.6 Å². The van der Waals surface area contributed by atoms with E-state index < -0.39 is 15.9 Å². The molecule has 1 aliphatic carbocycles. The smallest absolute Gasteiger partial charge is 0.177 e. The van der Waals surface area contributed by atoms with Crippen LogP contribution in [-0.4, -0.2) is 63.1 Å². The fraction of sp³-hybridized carbons (Fsp3) is 0.394. The molecule has 6 rings (SSSR count). The summed E-state index contributed by atoms with van der Waals surface area (Å²) in [4.78, 5) is 2.49. The molecule has 2 fully saturated rings. The second-order valence-electron chi connectivity index (χ2n) is 11.6. The number of halogens is 1. The number of rotatable bonds is 8. The molecule has 3 aromatic rings. The monoisotopic (exact) mass is 609 g/mol. The zero-order valence-electron chi connectivity index (χ0n) is 24.0. The van der Waals surface area contributed by atoms with E-state index in [1.165, 1.54) is 0 Å². The van der Waals surface area contributed by atoms with Crippen LogP contribution in [0.4, 0.5) is 0 Å². The van der Waals surface area contributed by atoms with Crippen molar-refractivity contribution in [3.63, 3.8) is 0 Å². The lowest BCUT2D eigenvalue weighted by atomic mass is 9.83. The summed E-state index contributed by atoms with van der Waals surface area (Å²) in [7, 11) is -3.56. The average molecular weight is 610 g/mol. The lowest BCUT2D eigenvalue weighted by Gasteiger charge is -2.37. The Morgan fingerprint density at radius 1 is 1.07 bits per heavy atom. The summed E-state index contributed by atoms with van der Waals surface area (Å²) >= 11 is 6.33. The number of hydrogen-bond donors (Lipinski definition) is 1. The van der Waals surface area contributed by atoms with Crippen molar-refractivity contribution in [3.05, 3.63) is 82.4 Å². The third-order valence-electron chi connectivity index (χ3n) is 8.34. The van der Waals surface area contributed by atoms with Crippen LogP contribution >= 0.6 is 11.6 Å². The number of fused-ring (bicyclic) bond motifs is 1. The molecule has 0 spiro atoms. The van der Waals surface area contributed by atoms with Crippen molar-refractivity contribution in [2.75, 3.05) is 32.6 Å². The minimum atomic E-state index is -3.56. The maximum Gasteiger partial charge on any atom is 0.177 e. The van der Waals surface area contributed by atoms with Crippen molar-refractivity contribution in [2.24, 2.45) is 5.92 Å². The number of morpholine rings is 1. The molecule has 2 aliphatic heterocycles. The normalized spacial score (nSPS) is 21.9. The Kier molecular flexibility index (Phi) is 8.00. The summed E-state index contributed by atoms with van der Waals surface area (Å²) in [6.07, 6.45) is 2.70. The molecule has 3 aromatic carbocycles. The highest BCUT2D eigenvalue weighted by Crippen LogP contribution is 2.55. The minimum absolute atomic E-state index is 0.0808. The quantitative estimate of drug-likeness (QED) is 0.317. The summed E-state index contributed by atoms with van der Waals surface area (Å²) in [5.41, 5.74) is 4.45. The van der Waals surface area contributed by atoms with E-state index in [1.54, 1.807) is 30.3 Å². The topological polar surface area (TPSA) is 85.3 Å². The Morgan fingerprint density at radius 2 is 1.83 bits per heavy atom. The maximum absolute atomic E-state index is 12.6. The molecule has 42 heavy (non-hydrogen) atoms. The predicted octanol–water partition coefficient (Wildman–Crippen LogP) is 6.39. The molecular weight excluding hydrogens is 574 g/mol. The lowest BCUT2D eigenvalue weighted by Crippen LogP contribution is -2.50. The molecule has 1 saturated heterocycles. The van der Waals surface area contributed by atoms with Crippen molar-refractivity contribution in [1.29, 1.82) is 0 Å². The van der Waals surface area contributed by atoms with E-state index in [0.29, 0.717) is 18.4 Å². The van der Waals surface area contributed by atoms with E-state index in [4.69, 9.17) is 25.8 Å². The van der Waals surface area contributed by atoms with Crippen LogP contribution in [0.3, 0.4) is 0 Å². The van der Waals surface area contributed by atoms with Gasteiger partial charge in [-0.1, -0.05) is 29.8 Å². The molecule has 3 aliphatic rings. The molecule has 1 N–H and O–H groups in total. The van der Waals surface area contributed by atoms with Gasteiger partial charge in [0.15, 0.2) is 9.84 Å². The van der Waals surface area contributed by atoms with Gasteiger partial charge in [-0.05, 0) is 91.8 Å². The maximum atomic E-state index is 12.6. The molecule has 3 atom stereocenters. The van der Waals surface area contributed by atoms with Crippen LogP contribution in [0.2, 0.25) is 5.02 Å². The number of hydrogen-bond acceptors (Lipinski definition) is 7. The molecule has 9 heteroatoms. The molecule has 0 aromatic heterocycles. The summed E-state index contributed by atoms with van der Waals surface area (Å²) in [5.74, 6) is 1.90. The van der Waals surface area contributed by atoms with Crippen LogP contribution in [0.1, 0.15) is 49.5 Å². The third-order valence-corrected chi connectivity index (χ3v) is 9.92. The SMILES string of the molecule is C[C@@H]1COCCN1[C@@H](C)COc1ccc(C2Oc3ccc(O)cc3C(C3CC3)=C2c2ccc(Cl)c(S(C)(=O)=O)c2)cc1. The van der Waals surface area contributed by atoms with E-state index in [0.717, 1.165) is 72.4 Å². The van der Waals surface area contributed by atoms with Crippen LogP contribution in [0.5, 0.6) is 17.2 Å². The van der Waals surface area contributed by atoms with Crippen molar-refractivity contribution in [2.45, 2.75) is 49.8 Å². The molecule has 0 bridgehead atoms. The van der Waals surface area contributed by atoms with Crippen molar-refractivity contribution in [3.8, 4) is 17.2 Å². The van der Waals surface area contributed by atoms with Crippen LogP contribution in [0, 0.1) is 5.92 Å². The molecule has 2 heterocycles. The Morgan fingerprint density at radius 3 is 2.52 bits per heavy atom. The highest BCUT2D eigenvalue weighted by atomic mass is 35.5. The fourth-order valence-corrected chi connectivity index (χ4v) is 7.36. The zero-order valence-corrected chi connectivity index (χ0v) is 25.6. The Labute approximate surface area is 252 Å². The lowest BCUT2D eigenvalue weighted by molar-refractivity contribution is -0.0266. The summed E-state index contributed by atoms with van der Waals surface area (Å²) < 4.78 is 43.6. The molecular formula is C33H36ClNO6S. The van der Waals surface area contributed by atoms with Crippen molar-refractivity contribution >= 4 is 32.6 Å². The number of phenolic OH excluding ortho intramolecular Hbond substituents is 1. The minimum Gasteiger partial charge on any atom is -0.508 e. The number of phenols is 1. The van der Waals surface area contributed by atoms with E-state index in [2.05, 4.69) is 18.7 Å². The number of sulfone groups is 1. The highest BCUT2D eigenvalue weighted by molar-refractivity contribution is 7.90. The summed E-state index contributed by atoms with van der Waals surface area (Å²) in [5, 5.41) is 10.5. The van der Waals surface area contributed by atoms with Crippen LogP contribution < -0.4 is 9.47 Å². The van der Waals surface area contributed by atoms with Gasteiger partial charge in [0.05, 0.1) is 23.1 Å². The third kappa shape index (κ3) is 5.91. The van der Waals surface area contributed by atoms with Crippen molar-refractivity contribution in [1.82, 2.24) is 4.90 Å². The van der Waals surface area contributed by atoms with E-state index in [-0.39, 0.29) is 27.6 Å². The van der Waals surface area contributed by atoms with Gasteiger partial charge in [-0.15, -0.1) is 0 Å². The van der Waals surface area contributed by atoms with Gasteiger partial charge in [0.25, 0.3) is 0 Å². The number of aromatic hydroxyl groups is 1. The Bertz CT molecular complexity index is 1620. The number of nitrogens with zero attached hydrogens (tertiary/aromatic N) is 1. The van der Waals surface area contributed by atoms with Gasteiger partial charge in [-0.3, -0.25) is 4.90 Å². The van der Waals surface area contributed by atoms with Gasteiger partial charge >= 0.3 is 0 Å². The number of allylic oxidation sites excluding steroid dienone is 1. The van der Waals surface area contributed by atoms with Crippen LogP contribution in [-0.2, 0) is 14.6 Å². The molecule has 0 amide bonds. The zero-order chi connectivity index (χ0) is 29.6. The average Bonchev–Trinajstić information content (AvgIpc) is 3.81. The number of ether oxygens (including phenoxy) is 3. The van der Waals surface area contributed by atoms with Gasteiger partial charge in [0.2, 0.25) is 0 Å². The van der Waals surface area contributed by atoms with Gasteiger partial charge in [0, 0.05) is 36.0 Å². The molecule has 222 valence electrons. The van der Waals surface area contributed by atoms with E-state index in [9.17, 15) is 13.5 Å². The second-order valence-corrected chi connectivity index (χ2v) is 14.0. The second kappa shape index (κ2) is 11.6. The first kappa shape index (κ1) is 29.1. The van der Waals surface area contributed by atoms with Gasteiger partial charge in [-0.25, -0.2) is 8.42 Å². The fourth-order valence-electron chi connectivity index (χ4n) is 6.06. The number of benzene rings is 3. The largest absolute Gasteiger partial charge is 0.508 e. The van der Waals surface area contributed by atoms with Gasteiger partial charge in [0.1, 0.15) is 30.0 Å². The standard InChI is InChI=1S/C33H36ClNO6S/c1-20-18-39-15-14-35(20)21(2)19-40-26-10-6-23(7-11-26)33-32(24-8-12-28(34)30(16-24)42(3,37)38)31(22-4-5-22)27-17-25(36)9-13-29(27)41-33/h6-13,16-17,20-22,33,36H,4-5,14-15,18-19H2,1-3H3/t20-,21+,33?/m1/s1. The van der Waals surface area contributed by atoms with Gasteiger partial charge < -0.3 is 19.3 Å². The highest BCUT2D eigenvalue weighted by Gasteiger charge is 2.39. The molecule has 0 radical (unpaired) electrons. The summed E-state index contributed by atoms with van der Waals surface area (Å²) in [6.45, 7) is 7.29. The first-order chi connectivity index (χ1) is 20.1. The first-order valence-corrected chi connectivity index (χ1v) is 16.7. The summed E-state index contributed by atoms with van der Waals surface area (Å²) in [6, 6.07) is 18.8. The molecule has 1 unspecified atom stereocenters. The molecule has 1 saturated carbocycles. The molecule has 7 nitrogen and oxygen atoms in total. The van der Waals surface area contributed by atoms with Gasteiger partial charge in [-0.2, -0.15) is 0 Å². The van der Waals surface area contributed by atoms with E-state index >= 15 is 0 Å².